The second-order valence-electron chi connectivity index (χ2n) is 7.07. The maximum atomic E-state index is 13.0. The topological polar surface area (TPSA) is 105 Å². The normalized spacial score (nSPS) is 16.6. The van der Waals surface area contributed by atoms with E-state index in [2.05, 4.69) is 10.6 Å². The number of nitrogens with one attached hydrogen (secondary N) is 2. The molecule has 1 atom stereocenters. The van der Waals surface area contributed by atoms with E-state index in [0.29, 0.717) is 35.7 Å². The molecule has 3 rings (SSSR count). The average molecular weight is 466 g/mol. The van der Waals surface area contributed by atoms with E-state index >= 15 is 0 Å². The molecule has 1 aliphatic rings. The molecular weight excluding hydrogens is 442 g/mol. The van der Waals surface area contributed by atoms with E-state index in [1.165, 1.54) is 23.5 Å². The minimum absolute atomic E-state index is 0.0493. The predicted octanol–water partition coefficient (Wildman–Crippen LogP) is 1.93. The lowest BCUT2D eigenvalue weighted by Gasteiger charge is -2.24. The first-order valence-corrected chi connectivity index (χ1v) is 11.6. The Morgan fingerprint density at radius 2 is 1.77 bits per heavy atom. The molecule has 0 radical (unpaired) electrons. The lowest BCUT2D eigenvalue weighted by atomic mass is 10.2. The summed E-state index contributed by atoms with van der Waals surface area (Å²) in [5.74, 6) is -1.06. The van der Waals surface area contributed by atoms with E-state index in [0.717, 1.165) is 0 Å². The van der Waals surface area contributed by atoms with Crippen molar-refractivity contribution in [1.29, 1.82) is 0 Å². The van der Waals surface area contributed by atoms with Crippen LogP contribution in [0.1, 0.15) is 18.4 Å². The summed E-state index contributed by atoms with van der Waals surface area (Å²) < 4.78 is 32.4. The summed E-state index contributed by atoms with van der Waals surface area (Å²) >= 11 is 6.04. The summed E-state index contributed by atoms with van der Waals surface area (Å²) in [6, 6.07) is 12.7. The van der Waals surface area contributed by atoms with Crippen LogP contribution in [0, 0.1) is 0 Å². The van der Waals surface area contributed by atoms with Gasteiger partial charge in [-0.15, -0.1) is 0 Å². The van der Waals surface area contributed by atoms with Crippen molar-refractivity contribution in [3.05, 3.63) is 59.1 Å². The maximum absolute atomic E-state index is 13.0. The number of carbonyl (C=O) groups is 2. The fourth-order valence-electron chi connectivity index (χ4n) is 3.40. The largest absolute Gasteiger partial charge is 0.497 e. The van der Waals surface area contributed by atoms with Crippen LogP contribution < -0.4 is 15.4 Å². The highest BCUT2D eigenvalue weighted by Crippen LogP contribution is 2.26. The monoisotopic (exact) mass is 465 g/mol. The van der Waals surface area contributed by atoms with Crippen LogP contribution >= 0.6 is 11.6 Å². The molecule has 1 fully saturated rings. The van der Waals surface area contributed by atoms with Gasteiger partial charge in [-0.1, -0.05) is 29.8 Å². The van der Waals surface area contributed by atoms with Crippen LogP contribution in [0.3, 0.4) is 0 Å². The van der Waals surface area contributed by atoms with Crippen LogP contribution in [0.4, 0.5) is 0 Å². The Morgan fingerprint density at radius 3 is 2.45 bits per heavy atom. The highest BCUT2D eigenvalue weighted by molar-refractivity contribution is 7.89. The first kappa shape index (κ1) is 23.1. The molecule has 166 valence electrons. The molecule has 1 saturated heterocycles. The average Bonchev–Trinajstić information content (AvgIpc) is 3.26. The summed E-state index contributed by atoms with van der Waals surface area (Å²) in [5, 5.41) is 5.54. The van der Waals surface area contributed by atoms with Gasteiger partial charge in [-0.3, -0.25) is 9.59 Å². The lowest BCUT2D eigenvalue weighted by Crippen LogP contribution is -2.46. The smallest absolute Gasteiger partial charge is 0.309 e. The molecule has 2 amide bonds. The highest BCUT2D eigenvalue weighted by Gasteiger charge is 2.35. The summed E-state index contributed by atoms with van der Waals surface area (Å²) in [5.41, 5.74) is 0.692. The van der Waals surface area contributed by atoms with Gasteiger partial charge in [-0.25, -0.2) is 8.42 Å². The van der Waals surface area contributed by atoms with Crippen molar-refractivity contribution in [1.82, 2.24) is 14.9 Å². The Labute approximate surface area is 186 Å². The SMILES string of the molecule is COc1ccc(S(=O)(=O)N2CCC[C@H]2CNC(=O)C(=O)NCc2ccccc2Cl)cc1. The second kappa shape index (κ2) is 10.1. The van der Waals surface area contributed by atoms with E-state index in [-0.39, 0.29) is 18.0 Å². The Balaban J connectivity index is 1.56. The number of hydrogen-bond acceptors (Lipinski definition) is 5. The van der Waals surface area contributed by atoms with Crippen molar-refractivity contribution in [3.8, 4) is 5.75 Å². The maximum Gasteiger partial charge on any atom is 0.309 e. The zero-order valence-corrected chi connectivity index (χ0v) is 18.6. The van der Waals surface area contributed by atoms with Gasteiger partial charge in [-0.05, 0) is 48.7 Å². The third-order valence-electron chi connectivity index (χ3n) is 5.09. The molecule has 2 aromatic carbocycles. The van der Waals surface area contributed by atoms with Crippen molar-refractivity contribution in [2.75, 3.05) is 20.2 Å². The van der Waals surface area contributed by atoms with Gasteiger partial charge in [0.15, 0.2) is 0 Å². The van der Waals surface area contributed by atoms with Gasteiger partial charge in [0.05, 0.1) is 12.0 Å². The van der Waals surface area contributed by atoms with Crippen LogP contribution in [0.15, 0.2) is 53.4 Å². The molecule has 8 nitrogen and oxygen atoms in total. The van der Waals surface area contributed by atoms with Gasteiger partial charge < -0.3 is 15.4 Å². The number of halogens is 1. The van der Waals surface area contributed by atoms with Crippen molar-refractivity contribution >= 4 is 33.4 Å². The molecule has 2 aromatic rings. The molecule has 1 aliphatic heterocycles. The Bertz CT molecular complexity index is 1040. The van der Waals surface area contributed by atoms with Crippen LogP contribution in [-0.2, 0) is 26.2 Å². The number of amides is 2. The summed E-state index contributed by atoms with van der Waals surface area (Å²) in [7, 11) is -2.21. The molecule has 10 heteroatoms. The summed E-state index contributed by atoms with van der Waals surface area (Å²) in [6.45, 7) is 0.522. The fraction of sp³-hybridized carbons (Fsp3) is 0.333. The molecule has 0 unspecified atom stereocenters. The molecule has 31 heavy (non-hydrogen) atoms. The predicted molar refractivity (Wildman–Crippen MR) is 116 cm³/mol. The second-order valence-corrected chi connectivity index (χ2v) is 9.37. The third kappa shape index (κ3) is 5.55. The molecule has 1 heterocycles. The molecule has 0 spiro atoms. The number of nitrogens with zero attached hydrogens (tertiary/aromatic N) is 1. The quantitative estimate of drug-likeness (QED) is 0.608. The number of ether oxygens (including phenoxy) is 1. The van der Waals surface area contributed by atoms with Gasteiger partial charge in [-0.2, -0.15) is 4.31 Å². The van der Waals surface area contributed by atoms with Gasteiger partial charge >= 0.3 is 11.8 Å². The molecule has 0 bridgehead atoms. The van der Waals surface area contributed by atoms with Gasteiger partial charge in [0, 0.05) is 30.7 Å². The van der Waals surface area contributed by atoms with E-state index in [9.17, 15) is 18.0 Å². The van der Waals surface area contributed by atoms with E-state index < -0.39 is 27.9 Å². The number of methoxy groups -OCH3 is 1. The third-order valence-corrected chi connectivity index (χ3v) is 7.43. The van der Waals surface area contributed by atoms with Crippen LogP contribution in [0.25, 0.3) is 0 Å². The van der Waals surface area contributed by atoms with E-state index in [1.54, 1.807) is 36.4 Å². The van der Waals surface area contributed by atoms with E-state index in [1.807, 2.05) is 0 Å². The Morgan fingerprint density at radius 1 is 1.10 bits per heavy atom. The summed E-state index contributed by atoms with van der Waals surface area (Å²) in [6.07, 6.45) is 1.27. The minimum Gasteiger partial charge on any atom is -0.497 e. The number of rotatable bonds is 7. The van der Waals surface area contributed by atoms with Crippen LogP contribution in [0.5, 0.6) is 5.75 Å². The summed E-state index contributed by atoms with van der Waals surface area (Å²) in [4.78, 5) is 24.4. The standard InChI is InChI=1S/C21H24ClN3O5S/c1-30-17-8-10-18(11-9-17)31(28,29)25-12-4-6-16(25)14-24-21(27)20(26)23-13-15-5-2-3-7-19(15)22/h2-3,5,7-11,16H,4,6,12-14H2,1H3,(H,23,26)(H,24,27)/t16-/m0/s1. The van der Waals surface area contributed by atoms with Gasteiger partial charge in [0.2, 0.25) is 10.0 Å². The van der Waals surface area contributed by atoms with Gasteiger partial charge in [0.25, 0.3) is 0 Å². The van der Waals surface area contributed by atoms with Crippen molar-refractivity contribution in [2.45, 2.75) is 30.3 Å². The van der Waals surface area contributed by atoms with Crippen molar-refractivity contribution in [3.63, 3.8) is 0 Å². The molecule has 0 aromatic heterocycles. The first-order chi connectivity index (χ1) is 14.8. The Kier molecular flexibility index (Phi) is 7.53. The fourth-order valence-corrected chi connectivity index (χ4v) is 5.30. The van der Waals surface area contributed by atoms with Crippen molar-refractivity contribution in [2.24, 2.45) is 0 Å². The van der Waals surface area contributed by atoms with Crippen LogP contribution in [0.2, 0.25) is 5.02 Å². The Hall–Kier alpha value is -2.62. The van der Waals surface area contributed by atoms with Gasteiger partial charge in [0.1, 0.15) is 5.75 Å². The number of sulfonamides is 1. The lowest BCUT2D eigenvalue weighted by molar-refractivity contribution is -0.139. The van der Waals surface area contributed by atoms with Crippen LogP contribution in [-0.4, -0.2) is 50.8 Å². The first-order valence-electron chi connectivity index (χ1n) is 9.78. The zero-order valence-electron chi connectivity index (χ0n) is 17.0. The van der Waals surface area contributed by atoms with E-state index in [4.69, 9.17) is 16.3 Å². The molecular formula is C21H24ClN3O5S. The molecule has 2 N–H and O–H groups in total. The number of hydrogen-bond donors (Lipinski definition) is 2. The highest BCUT2D eigenvalue weighted by atomic mass is 35.5. The molecule has 0 aliphatic carbocycles. The number of benzene rings is 2. The minimum atomic E-state index is -3.72. The van der Waals surface area contributed by atoms with Crippen molar-refractivity contribution < 1.29 is 22.7 Å². The number of carbonyl (C=O) groups excluding carboxylic acids is 2. The zero-order chi connectivity index (χ0) is 22.4. The molecule has 0 saturated carbocycles.